The number of rotatable bonds is 4. The quantitative estimate of drug-likeness (QED) is 0.746. The van der Waals surface area contributed by atoms with Crippen LogP contribution in [0, 0.1) is 0 Å². The molecule has 0 aliphatic rings. The molecule has 0 bridgehead atoms. The van der Waals surface area contributed by atoms with Crippen molar-refractivity contribution in [1.82, 2.24) is 9.88 Å². The fourth-order valence-corrected chi connectivity index (χ4v) is 3.24. The molecule has 2 N–H and O–H groups in total. The maximum Gasteiger partial charge on any atom is 0.209 e. The molecule has 6 heteroatoms. The molecule has 0 saturated carbocycles. The van der Waals surface area contributed by atoms with Crippen molar-refractivity contribution in [3.8, 4) is 0 Å². The Labute approximate surface area is 125 Å². The van der Waals surface area contributed by atoms with Gasteiger partial charge in [0.05, 0.1) is 16.6 Å². The van der Waals surface area contributed by atoms with Crippen LogP contribution < -0.4 is 5.73 Å². The van der Waals surface area contributed by atoms with E-state index in [0.29, 0.717) is 18.1 Å². The van der Waals surface area contributed by atoms with Crippen molar-refractivity contribution < 1.29 is 4.42 Å². The first kappa shape index (κ1) is 13.4. The van der Waals surface area contributed by atoms with Gasteiger partial charge in [0, 0.05) is 11.4 Å². The minimum Gasteiger partial charge on any atom is -0.439 e. The highest BCUT2D eigenvalue weighted by molar-refractivity contribution is 7.16. The number of nitrogens with two attached hydrogens (primary N) is 1. The Bertz CT molecular complexity index is 737. The van der Waals surface area contributed by atoms with E-state index in [-0.39, 0.29) is 0 Å². The summed E-state index contributed by atoms with van der Waals surface area (Å²) in [5, 5.41) is 0. The SMILES string of the molecule is CN(Cc1nc2c(N)cccc2o1)Cc1ccc(Cl)s1. The van der Waals surface area contributed by atoms with Crippen LogP contribution in [-0.2, 0) is 13.1 Å². The summed E-state index contributed by atoms with van der Waals surface area (Å²) >= 11 is 7.52. The number of oxazole rings is 1. The number of nitrogen functional groups attached to an aromatic ring is 1. The molecule has 0 saturated heterocycles. The molecule has 4 nitrogen and oxygen atoms in total. The third-order valence-corrected chi connectivity index (χ3v) is 4.17. The lowest BCUT2D eigenvalue weighted by Gasteiger charge is -2.12. The molecular formula is C14H14ClN3OS. The number of benzene rings is 1. The van der Waals surface area contributed by atoms with E-state index in [1.165, 1.54) is 4.88 Å². The highest BCUT2D eigenvalue weighted by Crippen LogP contribution is 2.24. The van der Waals surface area contributed by atoms with E-state index in [1.54, 1.807) is 11.3 Å². The van der Waals surface area contributed by atoms with Gasteiger partial charge in [0.25, 0.3) is 0 Å². The zero-order chi connectivity index (χ0) is 14.1. The fraction of sp³-hybridized carbons (Fsp3) is 0.214. The molecule has 1 aromatic carbocycles. The number of thiophene rings is 1. The van der Waals surface area contributed by atoms with Crippen LogP contribution in [0.25, 0.3) is 11.1 Å². The van der Waals surface area contributed by atoms with Crippen molar-refractivity contribution in [2.24, 2.45) is 0 Å². The van der Waals surface area contributed by atoms with Crippen molar-refractivity contribution >= 4 is 39.7 Å². The van der Waals surface area contributed by atoms with Gasteiger partial charge in [-0.2, -0.15) is 0 Å². The summed E-state index contributed by atoms with van der Waals surface area (Å²) in [4.78, 5) is 7.79. The van der Waals surface area contributed by atoms with Crippen LogP contribution in [0.15, 0.2) is 34.7 Å². The highest BCUT2D eigenvalue weighted by atomic mass is 35.5. The van der Waals surface area contributed by atoms with E-state index in [0.717, 1.165) is 22.0 Å². The summed E-state index contributed by atoms with van der Waals surface area (Å²) in [5.74, 6) is 0.669. The van der Waals surface area contributed by atoms with Gasteiger partial charge >= 0.3 is 0 Å². The normalized spacial score (nSPS) is 11.6. The molecule has 104 valence electrons. The van der Waals surface area contributed by atoms with E-state index in [1.807, 2.05) is 37.4 Å². The lowest BCUT2D eigenvalue weighted by molar-refractivity contribution is 0.287. The number of aromatic nitrogens is 1. The molecule has 0 aliphatic heterocycles. The summed E-state index contributed by atoms with van der Waals surface area (Å²) in [6, 6.07) is 9.51. The van der Waals surface area contributed by atoms with Crippen molar-refractivity contribution in [3.63, 3.8) is 0 Å². The summed E-state index contributed by atoms with van der Waals surface area (Å²) in [6.45, 7) is 1.44. The average Bonchev–Trinajstić information content (AvgIpc) is 2.96. The van der Waals surface area contributed by atoms with Crippen LogP contribution in [0.3, 0.4) is 0 Å². The molecule has 0 radical (unpaired) electrons. The Morgan fingerprint density at radius 3 is 2.85 bits per heavy atom. The Hall–Kier alpha value is -1.56. The third kappa shape index (κ3) is 2.80. The van der Waals surface area contributed by atoms with Gasteiger partial charge < -0.3 is 10.2 Å². The van der Waals surface area contributed by atoms with Crippen LogP contribution in [0.4, 0.5) is 5.69 Å². The summed E-state index contributed by atoms with van der Waals surface area (Å²) < 4.78 is 6.52. The minimum atomic E-state index is 0.629. The predicted octanol–water partition coefficient (Wildman–Crippen LogP) is 3.76. The second-order valence-corrected chi connectivity index (χ2v) is 6.48. The van der Waals surface area contributed by atoms with Gasteiger partial charge in [-0.05, 0) is 31.3 Å². The van der Waals surface area contributed by atoms with Crippen LogP contribution in [-0.4, -0.2) is 16.9 Å². The van der Waals surface area contributed by atoms with Crippen molar-refractivity contribution in [2.75, 3.05) is 12.8 Å². The van der Waals surface area contributed by atoms with Gasteiger partial charge in [-0.1, -0.05) is 17.7 Å². The van der Waals surface area contributed by atoms with Gasteiger partial charge in [0.1, 0.15) is 5.52 Å². The summed E-state index contributed by atoms with van der Waals surface area (Å²) in [7, 11) is 2.02. The number of halogens is 1. The number of hydrogen-bond donors (Lipinski definition) is 1. The van der Waals surface area contributed by atoms with E-state index >= 15 is 0 Å². The zero-order valence-electron chi connectivity index (χ0n) is 11.0. The van der Waals surface area contributed by atoms with Crippen LogP contribution in [0.5, 0.6) is 0 Å². The molecule has 3 rings (SSSR count). The van der Waals surface area contributed by atoms with Crippen LogP contribution >= 0.6 is 22.9 Å². The number of nitrogens with zero attached hydrogens (tertiary/aromatic N) is 2. The first-order valence-corrected chi connectivity index (χ1v) is 7.38. The molecular weight excluding hydrogens is 294 g/mol. The number of para-hydroxylation sites is 1. The second kappa shape index (κ2) is 5.44. The fourth-order valence-electron chi connectivity index (χ4n) is 2.07. The Morgan fingerprint density at radius 2 is 2.15 bits per heavy atom. The topological polar surface area (TPSA) is 55.3 Å². The summed E-state index contributed by atoms with van der Waals surface area (Å²) in [5.41, 5.74) is 7.98. The number of anilines is 1. The molecule has 0 spiro atoms. The minimum absolute atomic E-state index is 0.629. The molecule has 0 amide bonds. The molecule has 2 aromatic heterocycles. The van der Waals surface area contributed by atoms with Gasteiger partial charge in [-0.25, -0.2) is 4.98 Å². The monoisotopic (exact) mass is 307 g/mol. The van der Waals surface area contributed by atoms with E-state index in [4.69, 9.17) is 21.8 Å². The smallest absolute Gasteiger partial charge is 0.209 e. The first-order chi connectivity index (χ1) is 9.61. The van der Waals surface area contributed by atoms with E-state index < -0.39 is 0 Å². The molecule has 20 heavy (non-hydrogen) atoms. The van der Waals surface area contributed by atoms with Crippen molar-refractivity contribution in [1.29, 1.82) is 0 Å². The predicted molar refractivity (Wildman–Crippen MR) is 82.9 cm³/mol. The van der Waals surface area contributed by atoms with Gasteiger partial charge in [0.15, 0.2) is 5.58 Å². The lowest BCUT2D eigenvalue weighted by atomic mass is 10.3. The van der Waals surface area contributed by atoms with Gasteiger partial charge in [-0.15, -0.1) is 11.3 Å². The maximum absolute atomic E-state index is 5.93. The molecule has 0 aliphatic carbocycles. The van der Waals surface area contributed by atoms with Gasteiger partial charge in [-0.3, -0.25) is 4.90 Å². The van der Waals surface area contributed by atoms with Crippen LogP contribution in [0.1, 0.15) is 10.8 Å². The Balaban J connectivity index is 1.74. The van der Waals surface area contributed by atoms with Crippen molar-refractivity contribution in [3.05, 3.63) is 45.4 Å². The maximum atomic E-state index is 5.93. The third-order valence-electron chi connectivity index (χ3n) is 2.95. The van der Waals surface area contributed by atoms with Crippen molar-refractivity contribution in [2.45, 2.75) is 13.1 Å². The Morgan fingerprint density at radius 1 is 1.30 bits per heavy atom. The largest absolute Gasteiger partial charge is 0.439 e. The first-order valence-electron chi connectivity index (χ1n) is 6.18. The molecule has 0 unspecified atom stereocenters. The molecule has 3 aromatic rings. The number of fused-ring (bicyclic) bond motifs is 1. The highest BCUT2D eigenvalue weighted by Gasteiger charge is 2.11. The van der Waals surface area contributed by atoms with E-state index in [9.17, 15) is 0 Å². The average molecular weight is 308 g/mol. The standard InChI is InChI=1S/C14H14ClN3OS/c1-18(7-9-5-6-12(15)20-9)8-13-17-14-10(16)3-2-4-11(14)19-13/h2-6H,7-8,16H2,1H3. The lowest BCUT2D eigenvalue weighted by Crippen LogP contribution is -2.16. The molecule has 0 fully saturated rings. The van der Waals surface area contributed by atoms with Crippen LogP contribution in [0.2, 0.25) is 4.34 Å². The van der Waals surface area contributed by atoms with E-state index in [2.05, 4.69) is 9.88 Å². The zero-order valence-corrected chi connectivity index (χ0v) is 12.5. The molecule has 0 atom stereocenters. The summed E-state index contributed by atoms with van der Waals surface area (Å²) in [6.07, 6.45) is 0. The Kier molecular flexibility index (Phi) is 3.65. The number of hydrogen-bond acceptors (Lipinski definition) is 5. The van der Waals surface area contributed by atoms with Gasteiger partial charge in [0.2, 0.25) is 5.89 Å². The second-order valence-electron chi connectivity index (χ2n) is 4.68. The molecule has 2 heterocycles.